The van der Waals surface area contributed by atoms with Gasteiger partial charge in [0, 0.05) is 24.9 Å². The molecule has 104 valence electrons. The molecule has 7 heteroatoms. The molecule has 0 fully saturated rings. The third-order valence-electron chi connectivity index (χ3n) is 2.55. The van der Waals surface area contributed by atoms with E-state index in [2.05, 4.69) is 10.3 Å². The maximum Gasteiger partial charge on any atom is 0.284 e. The lowest BCUT2D eigenvalue weighted by Crippen LogP contribution is -2.25. The summed E-state index contributed by atoms with van der Waals surface area (Å²) in [6.07, 6.45) is 2.35. The van der Waals surface area contributed by atoms with Crippen LogP contribution in [0.1, 0.15) is 25.0 Å². The Bertz CT molecular complexity index is 598. The molecule has 0 atom stereocenters. The number of pyridine rings is 1. The SMILES string of the molecule is O=C(NO)c1ccc(C(=O)NCCc2ccccn2)s1. The number of carbonyl (C=O) groups is 2. The van der Waals surface area contributed by atoms with Crippen molar-refractivity contribution in [2.24, 2.45) is 0 Å². The fourth-order valence-corrected chi connectivity index (χ4v) is 2.39. The van der Waals surface area contributed by atoms with Crippen LogP contribution in [0.15, 0.2) is 36.5 Å². The zero-order valence-electron chi connectivity index (χ0n) is 10.5. The topological polar surface area (TPSA) is 91.3 Å². The van der Waals surface area contributed by atoms with Gasteiger partial charge in [0.2, 0.25) is 0 Å². The first-order chi connectivity index (χ1) is 9.70. The highest BCUT2D eigenvalue weighted by molar-refractivity contribution is 7.15. The number of carbonyl (C=O) groups excluding carboxylic acids is 2. The van der Waals surface area contributed by atoms with Crippen LogP contribution in [0.25, 0.3) is 0 Å². The predicted octanol–water partition coefficient (Wildman–Crippen LogP) is 1.23. The van der Waals surface area contributed by atoms with Crippen LogP contribution in [-0.4, -0.2) is 28.6 Å². The number of nitrogens with zero attached hydrogens (tertiary/aromatic N) is 1. The molecule has 2 heterocycles. The molecule has 0 saturated carbocycles. The Morgan fingerprint density at radius 1 is 1.15 bits per heavy atom. The summed E-state index contributed by atoms with van der Waals surface area (Å²) in [4.78, 5) is 27.9. The minimum Gasteiger partial charge on any atom is -0.351 e. The second-order valence-corrected chi connectivity index (χ2v) is 5.02. The molecule has 0 saturated heterocycles. The number of rotatable bonds is 5. The van der Waals surface area contributed by atoms with Crippen molar-refractivity contribution in [3.63, 3.8) is 0 Å². The van der Waals surface area contributed by atoms with Gasteiger partial charge < -0.3 is 5.32 Å². The lowest BCUT2D eigenvalue weighted by Gasteiger charge is -2.02. The monoisotopic (exact) mass is 291 g/mol. The third-order valence-corrected chi connectivity index (χ3v) is 3.63. The van der Waals surface area contributed by atoms with E-state index in [9.17, 15) is 9.59 Å². The first-order valence-electron chi connectivity index (χ1n) is 5.93. The van der Waals surface area contributed by atoms with Gasteiger partial charge in [-0.2, -0.15) is 0 Å². The van der Waals surface area contributed by atoms with E-state index in [1.165, 1.54) is 11.5 Å². The van der Waals surface area contributed by atoms with E-state index in [0.29, 0.717) is 17.8 Å². The standard InChI is InChI=1S/C13H13N3O3S/c17-12(10-4-5-11(20-10)13(18)16-19)15-8-6-9-3-1-2-7-14-9/h1-5,7,19H,6,8H2,(H,15,17)(H,16,18). The largest absolute Gasteiger partial charge is 0.351 e. The van der Waals surface area contributed by atoms with E-state index in [-0.39, 0.29) is 10.8 Å². The van der Waals surface area contributed by atoms with Crippen LogP contribution in [0.5, 0.6) is 0 Å². The van der Waals surface area contributed by atoms with Gasteiger partial charge in [0.1, 0.15) is 0 Å². The van der Waals surface area contributed by atoms with Crippen LogP contribution in [0.3, 0.4) is 0 Å². The molecule has 0 spiro atoms. The highest BCUT2D eigenvalue weighted by Crippen LogP contribution is 2.16. The fraction of sp³-hybridized carbons (Fsp3) is 0.154. The molecule has 0 radical (unpaired) electrons. The van der Waals surface area contributed by atoms with Crippen molar-refractivity contribution in [2.75, 3.05) is 6.54 Å². The minimum atomic E-state index is -0.623. The molecule has 0 aliphatic heterocycles. The molecule has 0 aliphatic carbocycles. The van der Waals surface area contributed by atoms with E-state index in [0.717, 1.165) is 17.0 Å². The lowest BCUT2D eigenvalue weighted by atomic mass is 10.2. The molecule has 2 aromatic heterocycles. The van der Waals surface area contributed by atoms with Crippen LogP contribution in [0.4, 0.5) is 0 Å². The second kappa shape index (κ2) is 6.78. The summed E-state index contributed by atoms with van der Waals surface area (Å²) in [5.41, 5.74) is 2.43. The summed E-state index contributed by atoms with van der Waals surface area (Å²) >= 11 is 1.02. The summed E-state index contributed by atoms with van der Waals surface area (Å²) in [5.74, 6) is -0.870. The van der Waals surface area contributed by atoms with E-state index in [1.54, 1.807) is 12.3 Å². The van der Waals surface area contributed by atoms with Crippen LogP contribution >= 0.6 is 11.3 Å². The number of aromatic nitrogens is 1. The number of amides is 2. The molecule has 2 rings (SSSR count). The minimum absolute atomic E-state index is 0.247. The summed E-state index contributed by atoms with van der Waals surface area (Å²) in [6.45, 7) is 0.468. The Morgan fingerprint density at radius 3 is 2.55 bits per heavy atom. The van der Waals surface area contributed by atoms with Crippen LogP contribution < -0.4 is 10.8 Å². The highest BCUT2D eigenvalue weighted by atomic mass is 32.1. The highest BCUT2D eigenvalue weighted by Gasteiger charge is 2.12. The van der Waals surface area contributed by atoms with Gasteiger partial charge in [-0.05, 0) is 24.3 Å². The Hall–Kier alpha value is -2.25. The lowest BCUT2D eigenvalue weighted by molar-refractivity contribution is 0.0711. The Morgan fingerprint density at radius 2 is 1.90 bits per heavy atom. The molecule has 0 bridgehead atoms. The molecule has 20 heavy (non-hydrogen) atoms. The summed E-state index contributed by atoms with van der Waals surface area (Å²) in [7, 11) is 0. The van der Waals surface area contributed by atoms with Crippen LogP contribution in [0.2, 0.25) is 0 Å². The van der Waals surface area contributed by atoms with E-state index in [4.69, 9.17) is 5.21 Å². The molecular weight excluding hydrogens is 278 g/mol. The second-order valence-electron chi connectivity index (χ2n) is 3.93. The predicted molar refractivity (Wildman–Crippen MR) is 73.8 cm³/mol. The maximum atomic E-state index is 11.8. The molecule has 3 N–H and O–H groups in total. The zero-order valence-corrected chi connectivity index (χ0v) is 11.3. The van der Waals surface area contributed by atoms with Crippen molar-refractivity contribution in [3.8, 4) is 0 Å². The van der Waals surface area contributed by atoms with Gasteiger partial charge in [-0.15, -0.1) is 11.3 Å². The Balaban J connectivity index is 1.86. The smallest absolute Gasteiger partial charge is 0.284 e. The number of hydrogen-bond donors (Lipinski definition) is 3. The van der Waals surface area contributed by atoms with Crippen molar-refractivity contribution in [1.82, 2.24) is 15.8 Å². The van der Waals surface area contributed by atoms with Crippen molar-refractivity contribution in [1.29, 1.82) is 0 Å². The zero-order chi connectivity index (χ0) is 14.4. The average Bonchev–Trinajstić information content (AvgIpc) is 2.97. The summed E-state index contributed by atoms with van der Waals surface area (Å²) in [5, 5.41) is 11.3. The van der Waals surface area contributed by atoms with E-state index in [1.807, 2.05) is 18.2 Å². The van der Waals surface area contributed by atoms with Crippen molar-refractivity contribution in [2.45, 2.75) is 6.42 Å². The normalized spacial score (nSPS) is 10.1. The van der Waals surface area contributed by atoms with E-state index < -0.39 is 5.91 Å². The Kier molecular flexibility index (Phi) is 4.80. The summed E-state index contributed by atoms with van der Waals surface area (Å²) < 4.78 is 0. The van der Waals surface area contributed by atoms with Crippen molar-refractivity contribution in [3.05, 3.63) is 52.0 Å². The van der Waals surface area contributed by atoms with Crippen molar-refractivity contribution >= 4 is 23.2 Å². The Labute approximate surface area is 119 Å². The van der Waals surface area contributed by atoms with Gasteiger partial charge >= 0.3 is 0 Å². The number of hydrogen-bond acceptors (Lipinski definition) is 5. The van der Waals surface area contributed by atoms with Crippen LogP contribution in [0, 0.1) is 0 Å². The van der Waals surface area contributed by atoms with Gasteiger partial charge in [0.15, 0.2) is 0 Å². The third kappa shape index (κ3) is 3.62. The quantitative estimate of drug-likeness (QED) is 0.571. The number of nitrogens with one attached hydrogen (secondary N) is 2. The molecule has 0 unspecified atom stereocenters. The molecule has 6 nitrogen and oxygen atoms in total. The van der Waals surface area contributed by atoms with E-state index >= 15 is 0 Å². The number of thiophene rings is 1. The molecule has 2 amide bonds. The van der Waals surface area contributed by atoms with Crippen LogP contribution in [-0.2, 0) is 6.42 Å². The first-order valence-corrected chi connectivity index (χ1v) is 6.74. The van der Waals surface area contributed by atoms with Gasteiger partial charge in [0.25, 0.3) is 11.8 Å². The van der Waals surface area contributed by atoms with Gasteiger partial charge in [-0.3, -0.25) is 19.8 Å². The maximum absolute atomic E-state index is 11.8. The van der Waals surface area contributed by atoms with Gasteiger partial charge in [-0.1, -0.05) is 6.07 Å². The number of hydroxylamine groups is 1. The average molecular weight is 291 g/mol. The molecular formula is C13H13N3O3S. The van der Waals surface area contributed by atoms with Gasteiger partial charge in [0.05, 0.1) is 9.75 Å². The molecule has 0 aromatic carbocycles. The fourth-order valence-electron chi connectivity index (χ4n) is 1.57. The first kappa shape index (κ1) is 14.2. The molecule has 2 aromatic rings. The molecule has 0 aliphatic rings. The van der Waals surface area contributed by atoms with Gasteiger partial charge in [-0.25, -0.2) is 5.48 Å². The summed E-state index contributed by atoms with van der Waals surface area (Å²) in [6, 6.07) is 8.65. The van der Waals surface area contributed by atoms with Crippen molar-refractivity contribution < 1.29 is 14.8 Å².